The van der Waals surface area contributed by atoms with E-state index in [4.69, 9.17) is 22.7 Å². The van der Waals surface area contributed by atoms with Crippen LogP contribution in [0.2, 0.25) is 5.02 Å². The number of hydrogen-bond donors (Lipinski definition) is 2. The minimum Gasteiger partial charge on any atom is -0.388 e. The van der Waals surface area contributed by atoms with Crippen LogP contribution >= 0.6 is 11.6 Å². The van der Waals surface area contributed by atoms with Crippen molar-refractivity contribution in [1.82, 2.24) is 0 Å². The molecule has 2 aromatic carbocycles. The van der Waals surface area contributed by atoms with E-state index in [0.717, 1.165) is 22.8 Å². The quantitative estimate of drug-likeness (QED) is 0.629. The maximum atomic E-state index is 7.39. The first kappa shape index (κ1) is 14.4. The van der Waals surface area contributed by atoms with Gasteiger partial charge in [0.25, 0.3) is 0 Å². The molecule has 0 saturated carbocycles. The molecule has 0 atom stereocenters. The molecule has 2 rings (SSSR count). The van der Waals surface area contributed by atoms with Gasteiger partial charge in [-0.3, -0.25) is 5.41 Å². The van der Waals surface area contributed by atoms with Crippen molar-refractivity contribution in [3.63, 3.8) is 0 Å². The van der Waals surface area contributed by atoms with Gasteiger partial charge in [-0.15, -0.1) is 0 Å². The van der Waals surface area contributed by atoms with Crippen LogP contribution < -0.4 is 10.6 Å². The van der Waals surface area contributed by atoms with E-state index in [1.807, 2.05) is 36.4 Å². The Labute approximate surface area is 124 Å². The van der Waals surface area contributed by atoms with Gasteiger partial charge in [0.05, 0.1) is 5.84 Å². The van der Waals surface area contributed by atoms with Crippen LogP contribution in [0.5, 0.6) is 0 Å². The number of halogens is 1. The molecule has 0 aliphatic rings. The summed E-state index contributed by atoms with van der Waals surface area (Å²) in [5.41, 5.74) is 7.73. The fourth-order valence-corrected chi connectivity index (χ4v) is 2.26. The predicted octanol–water partition coefficient (Wildman–Crippen LogP) is 3.67. The summed E-state index contributed by atoms with van der Waals surface area (Å²) in [4.78, 5) is 2.20. The minimum atomic E-state index is 0.206. The van der Waals surface area contributed by atoms with Gasteiger partial charge in [0.2, 0.25) is 0 Å². The van der Waals surface area contributed by atoms with E-state index in [-0.39, 0.29) is 5.84 Å². The highest BCUT2D eigenvalue weighted by Crippen LogP contribution is 2.19. The van der Waals surface area contributed by atoms with Crippen LogP contribution in [0.15, 0.2) is 54.6 Å². The number of anilines is 1. The Morgan fingerprint density at radius 1 is 1.10 bits per heavy atom. The van der Waals surface area contributed by atoms with Gasteiger partial charge in [-0.05, 0) is 29.8 Å². The number of rotatable bonds is 6. The molecule has 0 aliphatic heterocycles. The van der Waals surface area contributed by atoms with Crippen LogP contribution in [0, 0.1) is 5.41 Å². The number of nitrogens with two attached hydrogens (primary N) is 1. The van der Waals surface area contributed by atoms with Crippen LogP contribution in [0.1, 0.15) is 12.0 Å². The van der Waals surface area contributed by atoms with Gasteiger partial charge in [0, 0.05) is 30.2 Å². The van der Waals surface area contributed by atoms with Crippen molar-refractivity contribution in [3.05, 3.63) is 65.2 Å². The standard InChI is InChI=1S/C16H18ClN3/c17-14-6-4-5-13(11-14)12-20(10-9-16(18)19)15-7-2-1-3-8-15/h1-8,11H,9-10,12H2,(H3,18,19). The molecular weight excluding hydrogens is 270 g/mol. The van der Waals surface area contributed by atoms with Gasteiger partial charge in [0.15, 0.2) is 0 Å². The van der Waals surface area contributed by atoms with Crippen LogP contribution in [0.25, 0.3) is 0 Å². The summed E-state index contributed by atoms with van der Waals surface area (Å²) in [6, 6.07) is 18.0. The number of benzene rings is 2. The third-order valence-corrected chi connectivity index (χ3v) is 3.27. The molecule has 104 valence electrons. The Hall–Kier alpha value is -2.00. The Bertz CT molecular complexity index is 569. The highest BCUT2D eigenvalue weighted by molar-refractivity contribution is 6.30. The van der Waals surface area contributed by atoms with E-state index in [1.165, 1.54) is 0 Å². The molecule has 0 radical (unpaired) electrons. The SMILES string of the molecule is N=C(N)CCN(Cc1cccc(Cl)c1)c1ccccc1. The van der Waals surface area contributed by atoms with Crippen molar-refractivity contribution < 1.29 is 0 Å². The molecule has 3 N–H and O–H groups in total. The molecule has 0 heterocycles. The third-order valence-electron chi connectivity index (χ3n) is 3.03. The average molecular weight is 288 g/mol. The van der Waals surface area contributed by atoms with Crippen molar-refractivity contribution in [1.29, 1.82) is 5.41 Å². The lowest BCUT2D eigenvalue weighted by Crippen LogP contribution is -2.27. The zero-order valence-electron chi connectivity index (χ0n) is 11.2. The zero-order valence-corrected chi connectivity index (χ0v) is 12.0. The smallest absolute Gasteiger partial charge is 0.0923 e. The summed E-state index contributed by atoms with van der Waals surface area (Å²) in [6.07, 6.45) is 0.551. The van der Waals surface area contributed by atoms with Gasteiger partial charge in [-0.2, -0.15) is 0 Å². The van der Waals surface area contributed by atoms with Crippen molar-refractivity contribution in [2.24, 2.45) is 5.73 Å². The maximum absolute atomic E-state index is 7.39. The number of para-hydroxylation sites is 1. The molecule has 0 unspecified atom stereocenters. The van der Waals surface area contributed by atoms with Gasteiger partial charge in [-0.1, -0.05) is 41.9 Å². The van der Waals surface area contributed by atoms with Gasteiger partial charge in [0.1, 0.15) is 0 Å². The molecular formula is C16H18ClN3. The lowest BCUT2D eigenvalue weighted by molar-refractivity contribution is 0.802. The van der Waals surface area contributed by atoms with E-state index in [2.05, 4.69) is 23.1 Å². The summed E-state index contributed by atoms with van der Waals surface area (Å²) < 4.78 is 0. The van der Waals surface area contributed by atoms with Gasteiger partial charge >= 0.3 is 0 Å². The summed E-state index contributed by atoms with van der Waals surface area (Å²) in [5.74, 6) is 0.206. The normalized spacial score (nSPS) is 10.2. The van der Waals surface area contributed by atoms with Crippen molar-refractivity contribution in [3.8, 4) is 0 Å². The molecule has 0 spiro atoms. The molecule has 2 aromatic rings. The van der Waals surface area contributed by atoms with Crippen LogP contribution in [-0.4, -0.2) is 12.4 Å². The van der Waals surface area contributed by atoms with Crippen LogP contribution in [0.3, 0.4) is 0 Å². The molecule has 0 aromatic heterocycles. The van der Waals surface area contributed by atoms with Gasteiger partial charge < -0.3 is 10.6 Å². The van der Waals surface area contributed by atoms with Crippen molar-refractivity contribution in [2.75, 3.05) is 11.4 Å². The maximum Gasteiger partial charge on any atom is 0.0923 e. The lowest BCUT2D eigenvalue weighted by atomic mass is 10.2. The molecule has 4 heteroatoms. The molecule has 0 fully saturated rings. The molecule has 20 heavy (non-hydrogen) atoms. The number of amidine groups is 1. The van der Waals surface area contributed by atoms with Crippen molar-refractivity contribution in [2.45, 2.75) is 13.0 Å². The third kappa shape index (κ3) is 4.28. The Morgan fingerprint density at radius 3 is 2.50 bits per heavy atom. The Kier molecular flexibility index (Phi) is 5.02. The second-order valence-electron chi connectivity index (χ2n) is 4.66. The monoisotopic (exact) mass is 287 g/mol. The lowest BCUT2D eigenvalue weighted by Gasteiger charge is -2.25. The van der Waals surface area contributed by atoms with E-state index < -0.39 is 0 Å². The minimum absolute atomic E-state index is 0.206. The number of nitrogens with zero attached hydrogens (tertiary/aromatic N) is 1. The Morgan fingerprint density at radius 2 is 1.85 bits per heavy atom. The van der Waals surface area contributed by atoms with E-state index in [0.29, 0.717) is 13.0 Å². The van der Waals surface area contributed by atoms with Gasteiger partial charge in [-0.25, -0.2) is 0 Å². The molecule has 0 bridgehead atoms. The Balaban J connectivity index is 2.16. The summed E-state index contributed by atoms with van der Waals surface area (Å²) >= 11 is 6.03. The molecule has 0 aliphatic carbocycles. The molecule has 0 saturated heterocycles. The van der Waals surface area contributed by atoms with Crippen LogP contribution in [-0.2, 0) is 6.54 Å². The van der Waals surface area contributed by atoms with Crippen LogP contribution in [0.4, 0.5) is 5.69 Å². The van der Waals surface area contributed by atoms with E-state index in [9.17, 15) is 0 Å². The van der Waals surface area contributed by atoms with E-state index >= 15 is 0 Å². The zero-order chi connectivity index (χ0) is 14.4. The largest absolute Gasteiger partial charge is 0.388 e. The molecule has 3 nitrogen and oxygen atoms in total. The highest BCUT2D eigenvalue weighted by Gasteiger charge is 2.08. The average Bonchev–Trinajstić information content (AvgIpc) is 2.44. The predicted molar refractivity (Wildman–Crippen MR) is 85.5 cm³/mol. The van der Waals surface area contributed by atoms with Crippen molar-refractivity contribution >= 4 is 23.1 Å². The second-order valence-corrected chi connectivity index (χ2v) is 5.10. The highest BCUT2D eigenvalue weighted by atomic mass is 35.5. The molecule has 0 amide bonds. The summed E-state index contributed by atoms with van der Waals surface area (Å²) in [5, 5.41) is 8.13. The summed E-state index contributed by atoms with van der Waals surface area (Å²) in [7, 11) is 0. The summed E-state index contributed by atoms with van der Waals surface area (Å²) in [6.45, 7) is 1.46. The first-order valence-corrected chi connectivity index (χ1v) is 6.90. The number of hydrogen-bond acceptors (Lipinski definition) is 2. The van der Waals surface area contributed by atoms with E-state index in [1.54, 1.807) is 0 Å². The fourth-order valence-electron chi connectivity index (χ4n) is 2.05. The first-order valence-electron chi connectivity index (χ1n) is 6.52. The topological polar surface area (TPSA) is 53.1 Å². The fraction of sp³-hybridized carbons (Fsp3) is 0.188. The first-order chi connectivity index (χ1) is 9.65. The number of nitrogens with one attached hydrogen (secondary N) is 1. The second kappa shape index (κ2) is 6.96.